The highest BCUT2D eigenvalue weighted by atomic mass is 16.5. The number of nitrogens with one attached hydrogen (secondary N) is 2. The lowest BCUT2D eigenvalue weighted by molar-refractivity contribution is -0.136. The largest absolute Gasteiger partial charge is 0.381 e. The standard InChI is InChI=1S/C27H35N3O4/c31-25-8-7-24(26(32)29-25)30-13-18-10-16(5-6-22(18)27(30)33)9-17-3-1-2-4-23(17)28-21-11-19-14-34-15-20(19)12-21/h5-6,10,17,19-21,23-24,28H,1-4,7-9,11-15H2,(H,29,31,32)/t17-,19-,20+,21?,23+,24?/m1/s1. The van der Waals surface area contributed by atoms with Gasteiger partial charge in [-0.25, -0.2) is 0 Å². The van der Waals surface area contributed by atoms with Crippen LogP contribution in [0, 0.1) is 17.8 Å². The summed E-state index contributed by atoms with van der Waals surface area (Å²) in [7, 11) is 0. The summed E-state index contributed by atoms with van der Waals surface area (Å²) in [6, 6.07) is 6.87. The molecule has 5 aliphatic rings. The molecule has 6 rings (SSSR count). The Hall–Kier alpha value is -2.25. The van der Waals surface area contributed by atoms with E-state index in [0.717, 1.165) is 37.0 Å². The van der Waals surface area contributed by atoms with Crippen molar-refractivity contribution in [2.45, 2.75) is 82.5 Å². The molecule has 0 radical (unpaired) electrons. The summed E-state index contributed by atoms with van der Waals surface area (Å²) in [5.74, 6) is 1.42. The Kier molecular flexibility index (Phi) is 5.94. The van der Waals surface area contributed by atoms with Crippen LogP contribution in [0.15, 0.2) is 18.2 Å². The maximum absolute atomic E-state index is 13.0. The minimum Gasteiger partial charge on any atom is -0.381 e. The summed E-state index contributed by atoms with van der Waals surface area (Å²) in [4.78, 5) is 38.5. The number of ether oxygens (including phenoxy) is 1. The van der Waals surface area contributed by atoms with Gasteiger partial charge in [-0.3, -0.25) is 19.7 Å². The first-order valence-electron chi connectivity index (χ1n) is 13.2. The van der Waals surface area contributed by atoms with Gasteiger partial charge >= 0.3 is 0 Å². The molecule has 3 amide bonds. The monoisotopic (exact) mass is 465 g/mol. The molecule has 34 heavy (non-hydrogen) atoms. The second kappa shape index (κ2) is 9.08. The highest BCUT2D eigenvalue weighted by molar-refractivity contribution is 6.05. The first-order chi connectivity index (χ1) is 16.5. The van der Waals surface area contributed by atoms with Crippen LogP contribution in [0.4, 0.5) is 0 Å². The average molecular weight is 466 g/mol. The van der Waals surface area contributed by atoms with Crippen LogP contribution in [0.3, 0.4) is 0 Å². The molecule has 0 bridgehead atoms. The molecular formula is C27H35N3O4. The molecule has 2 unspecified atom stereocenters. The number of rotatable bonds is 5. The second-order valence-electron chi connectivity index (χ2n) is 11.1. The van der Waals surface area contributed by atoms with E-state index in [1.807, 2.05) is 6.07 Å². The topological polar surface area (TPSA) is 87.7 Å². The number of hydrogen-bond acceptors (Lipinski definition) is 5. The smallest absolute Gasteiger partial charge is 0.255 e. The van der Waals surface area contributed by atoms with Crippen molar-refractivity contribution in [1.82, 2.24) is 15.5 Å². The Bertz CT molecular complexity index is 982. The van der Waals surface area contributed by atoms with Gasteiger partial charge in [0.15, 0.2) is 0 Å². The lowest BCUT2D eigenvalue weighted by atomic mass is 9.80. The molecule has 1 aromatic carbocycles. The van der Waals surface area contributed by atoms with Crippen molar-refractivity contribution in [3.63, 3.8) is 0 Å². The van der Waals surface area contributed by atoms with E-state index in [0.29, 0.717) is 36.5 Å². The van der Waals surface area contributed by atoms with Crippen molar-refractivity contribution in [3.05, 3.63) is 34.9 Å². The third kappa shape index (κ3) is 4.17. The maximum Gasteiger partial charge on any atom is 0.255 e. The van der Waals surface area contributed by atoms with Crippen molar-refractivity contribution in [1.29, 1.82) is 0 Å². The van der Waals surface area contributed by atoms with Crippen molar-refractivity contribution in [2.75, 3.05) is 13.2 Å². The fraction of sp³-hybridized carbons (Fsp3) is 0.667. The molecule has 3 heterocycles. The molecule has 6 atom stereocenters. The van der Waals surface area contributed by atoms with Crippen LogP contribution < -0.4 is 10.6 Å². The Morgan fingerprint density at radius 1 is 1.03 bits per heavy atom. The van der Waals surface area contributed by atoms with Gasteiger partial charge in [-0.05, 0) is 73.5 Å². The summed E-state index contributed by atoms with van der Waals surface area (Å²) in [6.45, 7) is 2.34. The summed E-state index contributed by atoms with van der Waals surface area (Å²) < 4.78 is 5.66. The predicted octanol–water partition coefficient (Wildman–Crippen LogP) is 2.56. The van der Waals surface area contributed by atoms with Crippen LogP contribution in [0.1, 0.15) is 72.9 Å². The Morgan fingerprint density at radius 3 is 2.62 bits per heavy atom. The predicted molar refractivity (Wildman–Crippen MR) is 126 cm³/mol. The summed E-state index contributed by atoms with van der Waals surface area (Å²) in [6.07, 6.45) is 9.32. The molecule has 3 aliphatic heterocycles. The lowest BCUT2D eigenvalue weighted by Gasteiger charge is -2.35. The lowest BCUT2D eigenvalue weighted by Crippen LogP contribution is -2.52. The van der Waals surface area contributed by atoms with Gasteiger partial charge < -0.3 is 15.0 Å². The normalized spacial score (nSPS) is 35.4. The highest BCUT2D eigenvalue weighted by Gasteiger charge is 2.41. The number of amides is 3. The summed E-state index contributed by atoms with van der Waals surface area (Å²) in [5, 5.41) is 6.43. The summed E-state index contributed by atoms with van der Waals surface area (Å²) >= 11 is 0. The quantitative estimate of drug-likeness (QED) is 0.653. The van der Waals surface area contributed by atoms with Gasteiger partial charge in [0.2, 0.25) is 11.8 Å². The minimum absolute atomic E-state index is 0.0935. The fourth-order valence-electron chi connectivity index (χ4n) is 7.16. The molecule has 0 aromatic heterocycles. The molecule has 182 valence electrons. The molecule has 2 aliphatic carbocycles. The molecule has 2 N–H and O–H groups in total. The maximum atomic E-state index is 13.0. The zero-order valence-electron chi connectivity index (χ0n) is 19.8. The van der Waals surface area contributed by atoms with Crippen molar-refractivity contribution < 1.29 is 19.1 Å². The molecule has 2 saturated carbocycles. The third-order valence-electron chi connectivity index (χ3n) is 8.95. The van der Waals surface area contributed by atoms with Crippen LogP contribution in [0.2, 0.25) is 0 Å². The minimum atomic E-state index is -0.552. The van der Waals surface area contributed by atoms with Crippen LogP contribution in [0.25, 0.3) is 0 Å². The first kappa shape index (κ1) is 22.2. The molecule has 2 saturated heterocycles. The van der Waals surface area contributed by atoms with Crippen LogP contribution in [-0.4, -0.2) is 54.0 Å². The van der Waals surface area contributed by atoms with Crippen LogP contribution in [0.5, 0.6) is 0 Å². The van der Waals surface area contributed by atoms with Gasteiger partial charge in [-0.15, -0.1) is 0 Å². The number of hydrogen-bond donors (Lipinski definition) is 2. The fourth-order valence-corrected chi connectivity index (χ4v) is 7.16. The number of fused-ring (bicyclic) bond motifs is 2. The van der Waals surface area contributed by atoms with E-state index in [9.17, 15) is 14.4 Å². The number of benzene rings is 1. The van der Waals surface area contributed by atoms with Crippen molar-refractivity contribution in [2.24, 2.45) is 17.8 Å². The van der Waals surface area contributed by atoms with Gasteiger partial charge in [-0.2, -0.15) is 0 Å². The molecule has 4 fully saturated rings. The van der Waals surface area contributed by atoms with E-state index in [4.69, 9.17) is 4.74 Å². The number of nitrogens with zero attached hydrogens (tertiary/aromatic N) is 1. The Morgan fingerprint density at radius 2 is 1.82 bits per heavy atom. The highest BCUT2D eigenvalue weighted by Crippen LogP contribution is 2.38. The van der Waals surface area contributed by atoms with Crippen molar-refractivity contribution in [3.8, 4) is 0 Å². The van der Waals surface area contributed by atoms with Gasteiger partial charge in [0.1, 0.15) is 6.04 Å². The van der Waals surface area contributed by atoms with E-state index < -0.39 is 6.04 Å². The zero-order valence-corrected chi connectivity index (χ0v) is 19.8. The number of carbonyl (C=O) groups excluding carboxylic acids is 3. The van der Waals surface area contributed by atoms with E-state index >= 15 is 0 Å². The average Bonchev–Trinajstić information content (AvgIpc) is 3.49. The number of piperidine rings is 1. The third-order valence-corrected chi connectivity index (χ3v) is 8.95. The van der Waals surface area contributed by atoms with Crippen molar-refractivity contribution >= 4 is 17.7 Å². The van der Waals surface area contributed by atoms with Crippen LogP contribution in [-0.2, 0) is 27.3 Å². The van der Waals surface area contributed by atoms with E-state index in [1.165, 1.54) is 44.1 Å². The van der Waals surface area contributed by atoms with E-state index in [1.54, 1.807) is 4.90 Å². The SMILES string of the molecule is O=C1CCC(N2Cc3cc(C[C@H]4CCCC[C@@H]4NC4C[C@H]5COC[C@H]5C4)ccc3C2=O)C(=O)N1. The Balaban J connectivity index is 1.12. The summed E-state index contributed by atoms with van der Waals surface area (Å²) in [5.41, 5.74) is 3.00. The molecule has 1 aromatic rings. The Labute approximate surface area is 201 Å². The first-order valence-corrected chi connectivity index (χ1v) is 13.2. The number of imide groups is 1. The van der Waals surface area contributed by atoms with Crippen LogP contribution >= 0.6 is 0 Å². The van der Waals surface area contributed by atoms with E-state index in [-0.39, 0.29) is 24.1 Å². The van der Waals surface area contributed by atoms with Gasteiger partial charge in [0.25, 0.3) is 5.91 Å². The molecule has 7 heteroatoms. The molecule has 0 spiro atoms. The molecule has 7 nitrogen and oxygen atoms in total. The van der Waals surface area contributed by atoms with E-state index in [2.05, 4.69) is 22.8 Å². The number of carbonyl (C=O) groups is 3. The van der Waals surface area contributed by atoms with Gasteiger partial charge in [0, 0.05) is 43.8 Å². The zero-order chi connectivity index (χ0) is 23.2. The molecular weight excluding hydrogens is 430 g/mol. The van der Waals surface area contributed by atoms with Gasteiger partial charge in [0.05, 0.1) is 0 Å². The second-order valence-corrected chi connectivity index (χ2v) is 11.1. The van der Waals surface area contributed by atoms with Gasteiger partial charge in [-0.1, -0.05) is 25.0 Å².